The summed E-state index contributed by atoms with van der Waals surface area (Å²) in [6, 6.07) is 10.5. The summed E-state index contributed by atoms with van der Waals surface area (Å²) in [5.41, 5.74) is 1.94. The lowest BCUT2D eigenvalue weighted by Crippen LogP contribution is -2.06. The molecule has 0 radical (unpaired) electrons. The summed E-state index contributed by atoms with van der Waals surface area (Å²) >= 11 is 0. The molecule has 0 aromatic heterocycles. The Morgan fingerprint density at radius 2 is 2.00 bits per heavy atom. The van der Waals surface area contributed by atoms with Gasteiger partial charge in [-0.15, -0.1) is 0 Å². The molecule has 2 heteroatoms. The first kappa shape index (κ1) is 10.5. The summed E-state index contributed by atoms with van der Waals surface area (Å²) < 4.78 is 0. The van der Waals surface area contributed by atoms with Gasteiger partial charge in [0.05, 0.1) is 0 Å². The van der Waals surface area contributed by atoms with Crippen molar-refractivity contribution < 1.29 is 4.80 Å². The first-order valence-corrected chi connectivity index (χ1v) is 6.46. The highest BCUT2D eigenvalue weighted by atomic mass is 28.2. The van der Waals surface area contributed by atoms with E-state index in [1.54, 1.807) is 0 Å². The summed E-state index contributed by atoms with van der Waals surface area (Å²) in [5.74, 6) is 0. The normalized spacial score (nSPS) is 13.7. The van der Waals surface area contributed by atoms with Gasteiger partial charge in [0.1, 0.15) is 0 Å². The van der Waals surface area contributed by atoms with Gasteiger partial charge in [-0.1, -0.05) is 50.1 Å². The predicted molar refractivity (Wildman–Crippen MR) is 59.6 cm³/mol. The van der Waals surface area contributed by atoms with E-state index in [1.165, 1.54) is 18.4 Å². The van der Waals surface area contributed by atoms with Gasteiger partial charge in [0.2, 0.25) is 0 Å². The Labute approximate surface area is 82.7 Å². The number of hydrogen-bond acceptors (Lipinski definition) is 1. The van der Waals surface area contributed by atoms with E-state index in [4.69, 9.17) is 0 Å². The molecule has 0 spiro atoms. The largest absolute Gasteiger partial charge is 0.438 e. The van der Waals surface area contributed by atoms with E-state index in [0.717, 1.165) is 6.42 Å². The third kappa shape index (κ3) is 3.74. The molecule has 0 saturated heterocycles. The Morgan fingerprint density at radius 3 is 2.54 bits per heavy atom. The molecule has 1 N–H and O–H groups in total. The zero-order chi connectivity index (χ0) is 9.52. The van der Waals surface area contributed by atoms with Crippen LogP contribution >= 0.6 is 0 Å². The van der Waals surface area contributed by atoms with E-state index >= 15 is 0 Å². The SMILES string of the molecule is CCCC(Cc1ccccc1)[SiH2]O. The number of hydrogen-bond donors (Lipinski definition) is 1. The van der Waals surface area contributed by atoms with Gasteiger partial charge in [-0.2, -0.15) is 0 Å². The fraction of sp³-hybridized carbons (Fsp3) is 0.455. The highest BCUT2D eigenvalue weighted by Crippen LogP contribution is 2.17. The van der Waals surface area contributed by atoms with Crippen molar-refractivity contribution in [3.63, 3.8) is 0 Å². The Balaban J connectivity index is 2.46. The smallest absolute Gasteiger partial charge is 0.160 e. The average molecular weight is 194 g/mol. The Kier molecular flexibility index (Phi) is 4.79. The molecule has 1 atom stereocenters. The number of benzene rings is 1. The molecule has 0 aliphatic rings. The molecule has 0 aliphatic carbocycles. The predicted octanol–water partition coefficient (Wildman–Crippen LogP) is 1.89. The molecule has 0 amide bonds. The molecule has 1 aromatic carbocycles. The Morgan fingerprint density at radius 1 is 1.31 bits per heavy atom. The molecule has 1 nitrogen and oxygen atoms in total. The van der Waals surface area contributed by atoms with Crippen LogP contribution in [-0.2, 0) is 6.42 Å². The quantitative estimate of drug-likeness (QED) is 0.710. The Bertz CT molecular complexity index is 223. The molecule has 13 heavy (non-hydrogen) atoms. The van der Waals surface area contributed by atoms with Crippen molar-refractivity contribution in [2.24, 2.45) is 0 Å². The van der Waals surface area contributed by atoms with Crippen LogP contribution in [0, 0.1) is 0 Å². The minimum absolute atomic E-state index is 0.576. The Hall–Kier alpha value is -0.603. The maximum Gasteiger partial charge on any atom is 0.160 e. The van der Waals surface area contributed by atoms with Crippen molar-refractivity contribution in [2.45, 2.75) is 31.7 Å². The second-order valence-corrected chi connectivity index (χ2v) is 5.05. The summed E-state index contributed by atoms with van der Waals surface area (Å²) in [6.07, 6.45) is 3.43. The van der Waals surface area contributed by atoms with Crippen LogP contribution in [-0.4, -0.2) is 14.6 Å². The monoisotopic (exact) mass is 194 g/mol. The lowest BCUT2D eigenvalue weighted by molar-refractivity contribution is 0.556. The summed E-state index contributed by atoms with van der Waals surface area (Å²) in [6.45, 7) is 2.18. The fourth-order valence-corrected chi connectivity index (χ4v) is 2.67. The fourth-order valence-electron chi connectivity index (χ4n) is 1.61. The first-order valence-electron chi connectivity index (χ1n) is 5.01. The lowest BCUT2D eigenvalue weighted by Gasteiger charge is -2.11. The van der Waals surface area contributed by atoms with Gasteiger partial charge >= 0.3 is 0 Å². The standard InChI is InChI=1S/C11H18OSi/c1-2-6-11(13-12)9-10-7-4-3-5-8-10/h3-5,7-8,11-12H,2,6,9,13H2,1H3. The molecule has 1 rings (SSSR count). The lowest BCUT2D eigenvalue weighted by atomic mass is 10.1. The highest BCUT2D eigenvalue weighted by Gasteiger charge is 2.07. The maximum atomic E-state index is 9.26. The van der Waals surface area contributed by atoms with Gasteiger partial charge < -0.3 is 4.80 Å². The zero-order valence-electron chi connectivity index (χ0n) is 8.24. The van der Waals surface area contributed by atoms with Crippen LogP contribution < -0.4 is 0 Å². The molecule has 0 bridgehead atoms. The van der Waals surface area contributed by atoms with Crippen LogP contribution in [0.4, 0.5) is 0 Å². The zero-order valence-corrected chi connectivity index (χ0v) is 9.65. The molecule has 0 saturated carbocycles. The van der Waals surface area contributed by atoms with Crippen LogP contribution in [0.25, 0.3) is 0 Å². The second-order valence-electron chi connectivity index (χ2n) is 3.53. The van der Waals surface area contributed by atoms with Gasteiger partial charge in [-0.05, 0) is 17.5 Å². The molecule has 1 unspecified atom stereocenters. The van der Waals surface area contributed by atoms with Crippen LogP contribution in [0.3, 0.4) is 0 Å². The van der Waals surface area contributed by atoms with E-state index in [0.29, 0.717) is 5.54 Å². The minimum atomic E-state index is -0.827. The van der Waals surface area contributed by atoms with Gasteiger partial charge in [-0.25, -0.2) is 0 Å². The van der Waals surface area contributed by atoms with Crippen LogP contribution in [0.5, 0.6) is 0 Å². The molecule has 0 heterocycles. The average Bonchev–Trinajstić information content (AvgIpc) is 2.19. The van der Waals surface area contributed by atoms with Gasteiger partial charge in [0.25, 0.3) is 0 Å². The van der Waals surface area contributed by atoms with Crippen molar-refractivity contribution in [1.82, 2.24) is 0 Å². The van der Waals surface area contributed by atoms with Crippen molar-refractivity contribution in [2.75, 3.05) is 0 Å². The summed E-state index contributed by atoms with van der Waals surface area (Å²) in [7, 11) is -0.827. The molecular formula is C11H18OSi. The van der Waals surface area contributed by atoms with Crippen molar-refractivity contribution in [3.8, 4) is 0 Å². The van der Waals surface area contributed by atoms with Crippen molar-refractivity contribution in [1.29, 1.82) is 0 Å². The minimum Gasteiger partial charge on any atom is -0.438 e. The molecule has 0 aliphatic heterocycles. The van der Waals surface area contributed by atoms with E-state index in [-0.39, 0.29) is 0 Å². The van der Waals surface area contributed by atoms with Crippen molar-refractivity contribution >= 4 is 9.76 Å². The first-order chi connectivity index (χ1) is 6.36. The van der Waals surface area contributed by atoms with E-state index in [2.05, 4.69) is 31.2 Å². The third-order valence-corrected chi connectivity index (χ3v) is 3.54. The highest BCUT2D eigenvalue weighted by molar-refractivity contribution is 6.27. The number of rotatable bonds is 5. The van der Waals surface area contributed by atoms with E-state index in [1.807, 2.05) is 6.07 Å². The van der Waals surface area contributed by atoms with Crippen LogP contribution in [0.15, 0.2) is 30.3 Å². The molecular weight excluding hydrogens is 176 g/mol. The van der Waals surface area contributed by atoms with Gasteiger partial charge in [0.15, 0.2) is 9.76 Å². The van der Waals surface area contributed by atoms with E-state index in [9.17, 15) is 4.80 Å². The van der Waals surface area contributed by atoms with Gasteiger partial charge in [0, 0.05) is 0 Å². The van der Waals surface area contributed by atoms with E-state index < -0.39 is 9.76 Å². The topological polar surface area (TPSA) is 20.2 Å². The summed E-state index contributed by atoms with van der Waals surface area (Å²) in [4.78, 5) is 9.26. The van der Waals surface area contributed by atoms with Crippen LogP contribution in [0.1, 0.15) is 25.3 Å². The molecule has 0 fully saturated rings. The maximum absolute atomic E-state index is 9.26. The van der Waals surface area contributed by atoms with Crippen molar-refractivity contribution in [3.05, 3.63) is 35.9 Å². The summed E-state index contributed by atoms with van der Waals surface area (Å²) in [5, 5.41) is 0. The second kappa shape index (κ2) is 5.94. The molecule has 72 valence electrons. The van der Waals surface area contributed by atoms with Crippen LogP contribution in [0.2, 0.25) is 5.54 Å². The third-order valence-electron chi connectivity index (χ3n) is 2.32. The molecule has 1 aromatic rings. The van der Waals surface area contributed by atoms with Gasteiger partial charge in [-0.3, -0.25) is 0 Å².